The van der Waals surface area contributed by atoms with Crippen molar-refractivity contribution in [3.8, 4) is 0 Å². The molecule has 0 aromatic heterocycles. The van der Waals surface area contributed by atoms with Crippen LogP contribution in [0.25, 0.3) is 0 Å². The molecule has 1 atom stereocenters. The summed E-state index contributed by atoms with van der Waals surface area (Å²) in [7, 11) is 0. The first-order valence-electron chi connectivity index (χ1n) is 4.49. The minimum absolute atomic E-state index is 0.0354. The summed E-state index contributed by atoms with van der Waals surface area (Å²) in [5.41, 5.74) is 0.0354. The zero-order valence-corrected chi connectivity index (χ0v) is 8.01. The van der Waals surface area contributed by atoms with Gasteiger partial charge in [0.15, 0.2) is 17.5 Å². The maximum absolute atomic E-state index is 12.8. The maximum Gasteiger partial charge on any atom is 0.194 e. The third-order valence-corrected chi connectivity index (χ3v) is 2.04. The van der Waals surface area contributed by atoms with E-state index in [1.807, 2.05) is 0 Å². The zero-order valence-electron chi connectivity index (χ0n) is 8.01. The fourth-order valence-electron chi connectivity index (χ4n) is 1.21. The Labute approximate surface area is 85.9 Å². The Kier molecular flexibility index (Phi) is 3.91. The Balaban J connectivity index is 2.90. The number of hydrogen-bond donors (Lipinski definition) is 1. The molecular formula is C11H11F3O. The Bertz CT molecular complexity index is 340. The van der Waals surface area contributed by atoms with E-state index < -0.39 is 23.6 Å². The molecule has 0 amide bonds. The van der Waals surface area contributed by atoms with Gasteiger partial charge in [-0.05, 0) is 30.5 Å². The standard InChI is InChI=1S/C11H11F3O/c1-2-3-4-10(15)7-5-8(12)11(14)9(13)6-7/h2,5-6,10,15H,1,3-4H2. The van der Waals surface area contributed by atoms with Gasteiger partial charge in [-0.15, -0.1) is 6.58 Å². The first-order chi connectivity index (χ1) is 7.06. The maximum atomic E-state index is 12.8. The number of aliphatic hydroxyl groups is 1. The molecule has 0 bridgehead atoms. The average molecular weight is 216 g/mol. The van der Waals surface area contributed by atoms with Gasteiger partial charge in [-0.2, -0.15) is 0 Å². The average Bonchev–Trinajstić information content (AvgIpc) is 2.21. The van der Waals surface area contributed by atoms with E-state index in [0.29, 0.717) is 12.8 Å². The van der Waals surface area contributed by atoms with Crippen LogP contribution in [0.3, 0.4) is 0 Å². The molecule has 1 N–H and O–H groups in total. The third kappa shape index (κ3) is 2.83. The van der Waals surface area contributed by atoms with Crippen molar-refractivity contribution in [2.24, 2.45) is 0 Å². The van der Waals surface area contributed by atoms with Gasteiger partial charge < -0.3 is 5.11 Å². The molecule has 0 radical (unpaired) electrons. The molecule has 1 aromatic rings. The van der Waals surface area contributed by atoms with Crippen molar-refractivity contribution >= 4 is 0 Å². The van der Waals surface area contributed by atoms with E-state index in [9.17, 15) is 18.3 Å². The number of aliphatic hydroxyl groups excluding tert-OH is 1. The molecule has 0 fully saturated rings. The number of benzene rings is 1. The van der Waals surface area contributed by atoms with Crippen LogP contribution >= 0.6 is 0 Å². The molecular weight excluding hydrogens is 205 g/mol. The lowest BCUT2D eigenvalue weighted by atomic mass is 10.0. The van der Waals surface area contributed by atoms with E-state index in [4.69, 9.17) is 0 Å². The fourth-order valence-corrected chi connectivity index (χ4v) is 1.21. The topological polar surface area (TPSA) is 20.2 Å². The van der Waals surface area contributed by atoms with Crippen LogP contribution in [-0.2, 0) is 0 Å². The van der Waals surface area contributed by atoms with Gasteiger partial charge in [0.05, 0.1) is 6.10 Å². The van der Waals surface area contributed by atoms with Gasteiger partial charge in [-0.25, -0.2) is 13.2 Å². The van der Waals surface area contributed by atoms with Gasteiger partial charge in [0.25, 0.3) is 0 Å². The van der Waals surface area contributed by atoms with Gasteiger partial charge in [0, 0.05) is 0 Å². The summed E-state index contributed by atoms with van der Waals surface area (Å²) in [6.07, 6.45) is 1.39. The summed E-state index contributed by atoms with van der Waals surface area (Å²) >= 11 is 0. The molecule has 0 heterocycles. The van der Waals surface area contributed by atoms with Crippen LogP contribution in [0, 0.1) is 17.5 Å². The quantitative estimate of drug-likeness (QED) is 0.605. The van der Waals surface area contributed by atoms with Crippen molar-refractivity contribution in [1.29, 1.82) is 0 Å². The van der Waals surface area contributed by atoms with Crippen LogP contribution in [0.4, 0.5) is 13.2 Å². The smallest absolute Gasteiger partial charge is 0.194 e. The van der Waals surface area contributed by atoms with Gasteiger partial charge in [0.1, 0.15) is 0 Å². The SMILES string of the molecule is C=CCCC(O)c1cc(F)c(F)c(F)c1. The third-order valence-electron chi connectivity index (χ3n) is 2.04. The first kappa shape index (κ1) is 11.8. The molecule has 0 aliphatic rings. The Hall–Kier alpha value is -1.29. The molecule has 1 nitrogen and oxygen atoms in total. The largest absolute Gasteiger partial charge is 0.388 e. The van der Waals surface area contributed by atoms with Crippen molar-refractivity contribution < 1.29 is 18.3 Å². The molecule has 4 heteroatoms. The summed E-state index contributed by atoms with van der Waals surface area (Å²) in [5.74, 6) is -4.10. The highest BCUT2D eigenvalue weighted by Crippen LogP contribution is 2.22. The summed E-state index contributed by atoms with van der Waals surface area (Å²) in [5, 5.41) is 9.49. The second-order valence-electron chi connectivity index (χ2n) is 3.18. The highest BCUT2D eigenvalue weighted by Gasteiger charge is 2.14. The lowest BCUT2D eigenvalue weighted by Crippen LogP contribution is -2.01. The van der Waals surface area contributed by atoms with Crippen LogP contribution < -0.4 is 0 Å². The highest BCUT2D eigenvalue weighted by atomic mass is 19.2. The number of rotatable bonds is 4. The summed E-state index contributed by atoms with van der Waals surface area (Å²) in [6, 6.07) is 1.60. The summed E-state index contributed by atoms with van der Waals surface area (Å²) in [6.45, 7) is 3.46. The summed E-state index contributed by atoms with van der Waals surface area (Å²) in [4.78, 5) is 0. The Morgan fingerprint density at radius 3 is 2.27 bits per heavy atom. The van der Waals surface area contributed by atoms with E-state index >= 15 is 0 Å². The van der Waals surface area contributed by atoms with Crippen LogP contribution in [0.2, 0.25) is 0 Å². The first-order valence-corrected chi connectivity index (χ1v) is 4.49. The van der Waals surface area contributed by atoms with Crippen molar-refractivity contribution in [3.63, 3.8) is 0 Å². The van der Waals surface area contributed by atoms with Crippen molar-refractivity contribution in [2.75, 3.05) is 0 Å². The molecule has 1 aromatic carbocycles. The lowest BCUT2D eigenvalue weighted by molar-refractivity contribution is 0.167. The van der Waals surface area contributed by atoms with Gasteiger partial charge >= 0.3 is 0 Å². The van der Waals surface area contributed by atoms with Crippen molar-refractivity contribution in [3.05, 3.63) is 47.8 Å². The van der Waals surface area contributed by atoms with Crippen LogP contribution in [-0.4, -0.2) is 5.11 Å². The number of allylic oxidation sites excluding steroid dienone is 1. The van der Waals surface area contributed by atoms with Crippen LogP contribution in [0.15, 0.2) is 24.8 Å². The number of hydrogen-bond acceptors (Lipinski definition) is 1. The number of halogens is 3. The predicted molar refractivity (Wildman–Crippen MR) is 50.7 cm³/mol. The minimum atomic E-state index is -1.52. The van der Waals surface area contributed by atoms with E-state index in [1.165, 1.54) is 0 Å². The highest BCUT2D eigenvalue weighted by molar-refractivity contribution is 5.21. The van der Waals surface area contributed by atoms with Crippen molar-refractivity contribution in [1.82, 2.24) is 0 Å². The molecule has 1 unspecified atom stereocenters. The van der Waals surface area contributed by atoms with Crippen molar-refractivity contribution in [2.45, 2.75) is 18.9 Å². The van der Waals surface area contributed by atoms with Gasteiger partial charge in [-0.3, -0.25) is 0 Å². The predicted octanol–water partition coefficient (Wildman–Crippen LogP) is 3.10. The molecule has 15 heavy (non-hydrogen) atoms. The Morgan fingerprint density at radius 2 is 1.80 bits per heavy atom. The molecule has 82 valence electrons. The molecule has 0 saturated heterocycles. The van der Waals surface area contributed by atoms with E-state index in [1.54, 1.807) is 6.08 Å². The second kappa shape index (κ2) is 4.98. The summed E-state index contributed by atoms with van der Waals surface area (Å²) < 4.78 is 38.1. The molecule has 0 aliphatic heterocycles. The molecule has 0 saturated carbocycles. The monoisotopic (exact) mass is 216 g/mol. The fraction of sp³-hybridized carbons (Fsp3) is 0.273. The van der Waals surface area contributed by atoms with Crippen LogP contribution in [0.1, 0.15) is 24.5 Å². The molecule has 0 spiro atoms. The minimum Gasteiger partial charge on any atom is -0.388 e. The molecule has 0 aliphatic carbocycles. The Morgan fingerprint density at radius 1 is 1.27 bits per heavy atom. The zero-order chi connectivity index (χ0) is 11.4. The van der Waals surface area contributed by atoms with E-state index in [0.717, 1.165) is 12.1 Å². The van der Waals surface area contributed by atoms with Gasteiger partial charge in [0.2, 0.25) is 0 Å². The second-order valence-corrected chi connectivity index (χ2v) is 3.18. The van der Waals surface area contributed by atoms with E-state index in [-0.39, 0.29) is 5.56 Å². The van der Waals surface area contributed by atoms with Gasteiger partial charge in [-0.1, -0.05) is 6.08 Å². The lowest BCUT2D eigenvalue weighted by Gasteiger charge is -2.10. The molecule has 1 rings (SSSR count). The normalized spacial score (nSPS) is 12.5. The van der Waals surface area contributed by atoms with Crippen LogP contribution in [0.5, 0.6) is 0 Å². The van der Waals surface area contributed by atoms with E-state index in [2.05, 4.69) is 6.58 Å².